The lowest BCUT2D eigenvalue weighted by Gasteiger charge is -2.21. The van der Waals surface area contributed by atoms with Gasteiger partial charge in [-0.2, -0.15) is 0 Å². The van der Waals surface area contributed by atoms with Gasteiger partial charge in [-0.25, -0.2) is 0 Å². The van der Waals surface area contributed by atoms with E-state index in [1.165, 1.54) is 0 Å². The first kappa shape index (κ1) is 16.7. The molecule has 0 aliphatic heterocycles. The number of benzene rings is 2. The second-order valence-corrected chi connectivity index (χ2v) is 5.50. The lowest BCUT2D eigenvalue weighted by molar-refractivity contribution is -0.123. The van der Waals surface area contributed by atoms with Crippen molar-refractivity contribution < 1.29 is 9.59 Å². The fraction of sp³-hybridized carbons (Fsp3) is 0.263. The summed E-state index contributed by atoms with van der Waals surface area (Å²) in [4.78, 5) is 25.0. The van der Waals surface area contributed by atoms with Gasteiger partial charge in [0.15, 0.2) is 0 Å². The van der Waals surface area contributed by atoms with Crippen molar-refractivity contribution in [2.75, 3.05) is 0 Å². The van der Waals surface area contributed by atoms with Gasteiger partial charge in [0.1, 0.15) is 6.04 Å². The van der Waals surface area contributed by atoms with Gasteiger partial charge in [0.2, 0.25) is 5.91 Å². The van der Waals surface area contributed by atoms with Crippen LogP contribution in [0, 0.1) is 0 Å². The van der Waals surface area contributed by atoms with E-state index in [2.05, 4.69) is 10.6 Å². The third-order valence-electron chi connectivity index (χ3n) is 3.71. The summed E-state index contributed by atoms with van der Waals surface area (Å²) < 4.78 is 0. The van der Waals surface area contributed by atoms with Crippen molar-refractivity contribution in [1.82, 2.24) is 10.6 Å². The molecule has 2 rings (SSSR count). The van der Waals surface area contributed by atoms with Gasteiger partial charge in [0, 0.05) is 11.6 Å². The van der Waals surface area contributed by atoms with Crippen molar-refractivity contribution in [1.29, 1.82) is 0 Å². The largest absolute Gasteiger partial charge is 0.352 e. The number of amides is 2. The predicted molar refractivity (Wildman–Crippen MR) is 91.0 cm³/mol. The zero-order valence-corrected chi connectivity index (χ0v) is 13.5. The molecule has 0 saturated heterocycles. The van der Waals surface area contributed by atoms with Gasteiger partial charge in [0.05, 0.1) is 0 Å². The molecule has 0 bridgehead atoms. The first-order valence-electron chi connectivity index (χ1n) is 7.83. The molecule has 2 amide bonds. The molecule has 0 aliphatic rings. The Morgan fingerprint density at radius 2 is 1.48 bits per heavy atom. The van der Waals surface area contributed by atoms with Crippen molar-refractivity contribution >= 4 is 11.8 Å². The van der Waals surface area contributed by atoms with Gasteiger partial charge in [-0.1, -0.05) is 55.5 Å². The molecule has 0 spiro atoms. The van der Waals surface area contributed by atoms with Crippen LogP contribution in [-0.2, 0) is 4.79 Å². The Hall–Kier alpha value is -2.62. The molecule has 2 aromatic rings. The van der Waals surface area contributed by atoms with Crippen molar-refractivity contribution in [2.24, 2.45) is 0 Å². The Morgan fingerprint density at radius 3 is 2.04 bits per heavy atom. The molecule has 0 aromatic heterocycles. The van der Waals surface area contributed by atoms with Gasteiger partial charge < -0.3 is 10.6 Å². The van der Waals surface area contributed by atoms with E-state index in [-0.39, 0.29) is 17.9 Å². The molecule has 0 fully saturated rings. The summed E-state index contributed by atoms with van der Waals surface area (Å²) in [5.41, 5.74) is 1.29. The minimum Gasteiger partial charge on any atom is -0.352 e. The zero-order valence-electron chi connectivity index (χ0n) is 13.5. The zero-order chi connectivity index (χ0) is 16.7. The minimum absolute atomic E-state index is 0.0577. The van der Waals surface area contributed by atoms with Gasteiger partial charge in [-0.3, -0.25) is 9.59 Å². The maximum atomic E-state index is 12.6. The van der Waals surface area contributed by atoms with Crippen LogP contribution in [0.3, 0.4) is 0 Å². The smallest absolute Gasteiger partial charge is 0.252 e. The molecule has 2 atom stereocenters. The summed E-state index contributed by atoms with van der Waals surface area (Å²) in [6, 6.07) is 17.5. The average Bonchev–Trinajstić information content (AvgIpc) is 2.60. The molecule has 120 valence electrons. The lowest BCUT2D eigenvalue weighted by Crippen LogP contribution is -2.43. The number of nitrogens with one attached hydrogen (secondary N) is 2. The fourth-order valence-corrected chi connectivity index (χ4v) is 2.18. The van der Waals surface area contributed by atoms with E-state index in [1.54, 1.807) is 24.3 Å². The molecule has 0 aliphatic carbocycles. The third kappa shape index (κ3) is 4.68. The lowest BCUT2D eigenvalue weighted by atomic mass is 10.0. The first-order valence-corrected chi connectivity index (χ1v) is 7.83. The number of hydrogen-bond donors (Lipinski definition) is 2. The third-order valence-corrected chi connectivity index (χ3v) is 3.71. The highest BCUT2D eigenvalue weighted by Crippen LogP contribution is 2.14. The van der Waals surface area contributed by atoms with Crippen LogP contribution in [-0.4, -0.2) is 17.9 Å². The molecular weight excluding hydrogens is 288 g/mol. The van der Waals surface area contributed by atoms with Crippen LogP contribution in [0.25, 0.3) is 0 Å². The Kier molecular flexibility index (Phi) is 5.92. The highest BCUT2D eigenvalue weighted by molar-refractivity contribution is 5.97. The summed E-state index contributed by atoms with van der Waals surface area (Å²) in [6.07, 6.45) is 0.833. The van der Waals surface area contributed by atoms with Gasteiger partial charge >= 0.3 is 0 Å². The van der Waals surface area contributed by atoms with E-state index in [0.717, 1.165) is 12.0 Å². The van der Waals surface area contributed by atoms with Crippen LogP contribution in [0.15, 0.2) is 60.7 Å². The average molecular weight is 310 g/mol. The Balaban J connectivity index is 2.20. The van der Waals surface area contributed by atoms with E-state index in [4.69, 9.17) is 0 Å². The molecule has 23 heavy (non-hydrogen) atoms. The van der Waals surface area contributed by atoms with E-state index in [1.807, 2.05) is 50.2 Å². The minimum atomic E-state index is -0.710. The van der Waals surface area contributed by atoms with Crippen LogP contribution in [0.4, 0.5) is 0 Å². The Morgan fingerprint density at radius 1 is 0.913 bits per heavy atom. The number of carbonyl (C=O) groups excluding carboxylic acids is 2. The quantitative estimate of drug-likeness (QED) is 0.861. The Labute approximate surface area is 136 Å². The van der Waals surface area contributed by atoms with Crippen molar-refractivity contribution in [3.05, 3.63) is 71.8 Å². The number of carbonyl (C=O) groups is 2. The van der Waals surface area contributed by atoms with Crippen LogP contribution in [0.1, 0.15) is 42.2 Å². The summed E-state index contributed by atoms with van der Waals surface area (Å²) in [5, 5.41) is 5.76. The second kappa shape index (κ2) is 8.13. The molecular formula is C19H22N2O2. The van der Waals surface area contributed by atoms with Crippen molar-refractivity contribution in [2.45, 2.75) is 32.4 Å². The molecule has 0 saturated carbocycles. The van der Waals surface area contributed by atoms with E-state index in [0.29, 0.717) is 5.56 Å². The van der Waals surface area contributed by atoms with Gasteiger partial charge in [0.25, 0.3) is 5.91 Å². The molecule has 4 nitrogen and oxygen atoms in total. The van der Waals surface area contributed by atoms with Crippen LogP contribution in [0.2, 0.25) is 0 Å². The monoisotopic (exact) mass is 310 g/mol. The second-order valence-electron chi connectivity index (χ2n) is 5.50. The maximum absolute atomic E-state index is 12.6. The predicted octanol–water partition coefficient (Wildman–Crippen LogP) is 3.07. The van der Waals surface area contributed by atoms with E-state index in [9.17, 15) is 9.59 Å². The topological polar surface area (TPSA) is 58.2 Å². The Bertz CT molecular complexity index is 641. The molecule has 0 heterocycles. The van der Waals surface area contributed by atoms with Gasteiger partial charge in [-0.05, 0) is 31.0 Å². The molecule has 4 heteroatoms. The maximum Gasteiger partial charge on any atom is 0.252 e. The van der Waals surface area contributed by atoms with E-state index >= 15 is 0 Å². The molecule has 0 radical (unpaired) electrons. The number of hydrogen-bond acceptors (Lipinski definition) is 2. The van der Waals surface area contributed by atoms with Gasteiger partial charge in [-0.15, -0.1) is 0 Å². The summed E-state index contributed by atoms with van der Waals surface area (Å²) >= 11 is 0. The van der Waals surface area contributed by atoms with Crippen molar-refractivity contribution in [3.8, 4) is 0 Å². The van der Waals surface area contributed by atoms with Crippen LogP contribution >= 0.6 is 0 Å². The number of rotatable bonds is 6. The van der Waals surface area contributed by atoms with Crippen LogP contribution in [0.5, 0.6) is 0 Å². The fourth-order valence-electron chi connectivity index (χ4n) is 2.18. The normalized spacial score (nSPS) is 13.0. The highest BCUT2D eigenvalue weighted by atomic mass is 16.2. The van der Waals surface area contributed by atoms with E-state index < -0.39 is 6.04 Å². The summed E-state index contributed by atoms with van der Waals surface area (Å²) in [5.74, 6) is -0.464. The van der Waals surface area contributed by atoms with Crippen LogP contribution < -0.4 is 10.6 Å². The summed E-state index contributed by atoms with van der Waals surface area (Å²) in [7, 11) is 0. The molecule has 2 unspecified atom stereocenters. The van der Waals surface area contributed by atoms with Crippen molar-refractivity contribution in [3.63, 3.8) is 0 Å². The SMILES string of the molecule is CCC(C)NC(=O)C(NC(=O)c1ccccc1)c1ccccc1. The summed E-state index contributed by atoms with van der Waals surface area (Å²) in [6.45, 7) is 3.95. The molecule has 2 N–H and O–H groups in total. The first-order chi connectivity index (χ1) is 11.1. The standard InChI is InChI=1S/C19H22N2O2/c1-3-14(2)20-19(23)17(15-10-6-4-7-11-15)21-18(22)16-12-8-5-9-13-16/h4-14,17H,3H2,1-2H3,(H,20,23)(H,21,22). The highest BCUT2D eigenvalue weighted by Gasteiger charge is 2.23. The molecule has 2 aromatic carbocycles.